The monoisotopic (exact) mass is 420 g/mol. The number of amides is 1. The molecule has 160 valence electrons. The number of nitrogens with zero attached hydrogens (tertiary/aromatic N) is 2. The highest BCUT2D eigenvalue weighted by molar-refractivity contribution is 5.88. The van der Waals surface area contributed by atoms with Gasteiger partial charge in [0.1, 0.15) is 11.2 Å². The maximum absolute atomic E-state index is 14.3. The van der Waals surface area contributed by atoms with E-state index in [2.05, 4.69) is 4.98 Å². The molecule has 1 amide bonds. The van der Waals surface area contributed by atoms with E-state index < -0.39 is 35.6 Å². The first-order valence-electron chi connectivity index (χ1n) is 9.76. The summed E-state index contributed by atoms with van der Waals surface area (Å²) < 4.78 is 41.7. The zero-order valence-corrected chi connectivity index (χ0v) is 16.2. The number of anilines is 2. The third-order valence-electron chi connectivity index (χ3n) is 6.45. The van der Waals surface area contributed by atoms with E-state index in [9.17, 15) is 23.1 Å². The van der Waals surface area contributed by atoms with Crippen molar-refractivity contribution in [2.75, 3.05) is 30.3 Å². The van der Waals surface area contributed by atoms with Crippen LogP contribution < -0.4 is 16.4 Å². The molecule has 0 bridgehead atoms. The number of hydrogen-bond donors (Lipinski definition) is 3. The molecule has 1 saturated heterocycles. The van der Waals surface area contributed by atoms with Gasteiger partial charge >= 0.3 is 0 Å². The maximum atomic E-state index is 14.3. The first kappa shape index (κ1) is 20.5. The smallest absolute Gasteiger partial charge is 0.273 e. The van der Waals surface area contributed by atoms with E-state index in [0.717, 1.165) is 24.6 Å². The van der Waals surface area contributed by atoms with Crippen molar-refractivity contribution in [1.82, 2.24) is 4.98 Å². The van der Waals surface area contributed by atoms with E-state index in [0.29, 0.717) is 24.6 Å². The Morgan fingerprint density at radius 2 is 1.80 bits per heavy atom. The number of benzene rings is 1. The van der Waals surface area contributed by atoms with E-state index in [1.54, 1.807) is 24.3 Å². The van der Waals surface area contributed by atoms with Crippen LogP contribution >= 0.6 is 0 Å². The van der Waals surface area contributed by atoms with Gasteiger partial charge in [-0.15, -0.1) is 0 Å². The van der Waals surface area contributed by atoms with Gasteiger partial charge in [0.15, 0.2) is 5.82 Å². The normalized spacial score (nSPS) is 25.9. The molecule has 0 radical (unpaired) electrons. The van der Waals surface area contributed by atoms with Gasteiger partial charge in [-0.25, -0.2) is 18.2 Å². The lowest BCUT2D eigenvalue weighted by molar-refractivity contribution is -0.128. The van der Waals surface area contributed by atoms with E-state index in [4.69, 9.17) is 11.5 Å². The summed E-state index contributed by atoms with van der Waals surface area (Å²) in [5, 5.41) is 9.39. The molecule has 4 rings (SSSR count). The van der Waals surface area contributed by atoms with Gasteiger partial charge in [-0.05, 0) is 29.9 Å². The van der Waals surface area contributed by atoms with Crippen molar-refractivity contribution in [2.24, 2.45) is 11.1 Å². The fourth-order valence-electron chi connectivity index (χ4n) is 4.63. The zero-order chi connectivity index (χ0) is 21.7. The number of alkyl halides is 2. The van der Waals surface area contributed by atoms with Crippen molar-refractivity contribution in [1.29, 1.82) is 0 Å². The van der Waals surface area contributed by atoms with Gasteiger partial charge in [0, 0.05) is 19.2 Å². The summed E-state index contributed by atoms with van der Waals surface area (Å²) in [5.74, 6) is -5.64. The van der Waals surface area contributed by atoms with Gasteiger partial charge in [-0.1, -0.05) is 24.3 Å². The van der Waals surface area contributed by atoms with Crippen LogP contribution in [0.2, 0.25) is 0 Å². The molecular weight excluding hydrogens is 397 g/mol. The van der Waals surface area contributed by atoms with Crippen LogP contribution in [-0.4, -0.2) is 41.6 Å². The quantitative estimate of drug-likeness (QED) is 0.689. The first-order valence-corrected chi connectivity index (χ1v) is 9.76. The second-order valence-corrected chi connectivity index (χ2v) is 8.04. The van der Waals surface area contributed by atoms with Gasteiger partial charge < -0.3 is 21.5 Å². The number of carbonyl (C=O) groups is 1. The second-order valence-electron chi connectivity index (χ2n) is 8.04. The van der Waals surface area contributed by atoms with Gasteiger partial charge in [-0.3, -0.25) is 4.79 Å². The molecular formula is C21H23F3N4O2. The second kappa shape index (κ2) is 7.16. The summed E-state index contributed by atoms with van der Waals surface area (Å²) in [7, 11) is 0. The first-order chi connectivity index (χ1) is 14.2. The van der Waals surface area contributed by atoms with Crippen LogP contribution in [-0.2, 0) is 4.79 Å². The topological polar surface area (TPSA) is 105 Å². The van der Waals surface area contributed by atoms with Crippen molar-refractivity contribution in [2.45, 2.75) is 30.6 Å². The number of piperidine rings is 1. The molecule has 2 aliphatic rings. The molecule has 9 heteroatoms. The fraction of sp³-hybridized carbons (Fsp3) is 0.429. The molecule has 2 fully saturated rings. The van der Waals surface area contributed by atoms with Crippen molar-refractivity contribution in [3.63, 3.8) is 0 Å². The number of halogens is 3. The molecule has 1 aliphatic carbocycles. The predicted molar refractivity (Wildman–Crippen MR) is 106 cm³/mol. The van der Waals surface area contributed by atoms with E-state index in [-0.39, 0.29) is 11.5 Å². The Hall–Kier alpha value is -2.81. The number of pyridine rings is 1. The number of nitrogen functional groups attached to an aromatic ring is 1. The standard InChI is InChI=1S/C21H23F3N4O2/c22-15-9-16(25)18(27-10-15)28-7-5-13(6-8-28)12-1-3-14(4-2-12)17-20(11-29,19(26)30)21(17,23)24/h1-4,9-10,13,17,29H,5-8,11,25H2,(H2,26,30). The highest BCUT2D eigenvalue weighted by Gasteiger charge is 2.84. The number of rotatable bonds is 5. The molecule has 1 aromatic heterocycles. The van der Waals surface area contributed by atoms with Crippen molar-refractivity contribution in [3.8, 4) is 0 Å². The summed E-state index contributed by atoms with van der Waals surface area (Å²) >= 11 is 0. The summed E-state index contributed by atoms with van der Waals surface area (Å²) in [6, 6.07) is 8.00. The average molecular weight is 420 g/mol. The number of aliphatic hydroxyl groups is 1. The Kier molecular flexibility index (Phi) is 4.88. The van der Waals surface area contributed by atoms with Gasteiger partial charge in [-0.2, -0.15) is 0 Å². The lowest BCUT2D eigenvalue weighted by atomic mass is 9.88. The number of aliphatic hydroxyl groups excluding tert-OH is 1. The molecule has 2 aromatic rings. The van der Waals surface area contributed by atoms with Crippen LogP contribution in [0.5, 0.6) is 0 Å². The molecule has 1 saturated carbocycles. The lowest BCUT2D eigenvalue weighted by Crippen LogP contribution is -2.34. The molecule has 2 atom stereocenters. The van der Waals surface area contributed by atoms with Gasteiger partial charge in [0.2, 0.25) is 5.91 Å². The van der Waals surface area contributed by atoms with Crippen LogP contribution in [0.25, 0.3) is 0 Å². The number of hydrogen-bond acceptors (Lipinski definition) is 5. The maximum Gasteiger partial charge on any atom is 0.273 e. The van der Waals surface area contributed by atoms with E-state index >= 15 is 0 Å². The fourth-order valence-corrected chi connectivity index (χ4v) is 4.63. The van der Waals surface area contributed by atoms with E-state index in [1.165, 1.54) is 6.07 Å². The van der Waals surface area contributed by atoms with Crippen molar-refractivity contribution < 1.29 is 23.1 Å². The SMILES string of the molecule is NC(=O)C1(CO)C(c2ccc(C3CCN(c4ncc(F)cc4N)CC3)cc2)C1(F)F. The number of aromatic nitrogens is 1. The van der Waals surface area contributed by atoms with Crippen LogP contribution in [0, 0.1) is 11.2 Å². The summed E-state index contributed by atoms with van der Waals surface area (Å²) in [6.45, 7) is 0.386. The predicted octanol–water partition coefficient (Wildman–Crippen LogP) is 2.38. The molecule has 1 aromatic carbocycles. The third-order valence-corrected chi connectivity index (χ3v) is 6.45. The molecule has 0 spiro atoms. The minimum absolute atomic E-state index is 0.232. The summed E-state index contributed by atoms with van der Waals surface area (Å²) in [5.41, 5.74) is 10.4. The van der Waals surface area contributed by atoms with Crippen LogP contribution in [0.4, 0.5) is 24.7 Å². The minimum Gasteiger partial charge on any atom is -0.396 e. The lowest BCUT2D eigenvalue weighted by Gasteiger charge is -2.33. The Balaban J connectivity index is 1.44. The summed E-state index contributed by atoms with van der Waals surface area (Å²) in [6.07, 6.45) is 2.75. The Bertz CT molecular complexity index is 961. The Morgan fingerprint density at radius 3 is 2.30 bits per heavy atom. The molecule has 5 N–H and O–H groups in total. The van der Waals surface area contributed by atoms with Crippen molar-refractivity contribution >= 4 is 17.4 Å². The Morgan fingerprint density at radius 1 is 1.20 bits per heavy atom. The number of nitrogens with two attached hydrogens (primary N) is 2. The molecule has 2 unspecified atom stereocenters. The highest BCUT2D eigenvalue weighted by Crippen LogP contribution is 2.70. The highest BCUT2D eigenvalue weighted by atomic mass is 19.3. The van der Waals surface area contributed by atoms with Crippen LogP contribution in [0.1, 0.15) is 35.8 Å². The minimum atomic E-state index is -3.36. The number of carbonyl (C=O) groups excluding carboxylic acids is 1. The molecule has 6 nitrogen and oxygen atoms in total. The zero-order valence-electron chi connectivity index (χ0n) is 16.2. The third kappa shape index (κ3) is 2.99. The van der Waals surface area contributed by atoms with Gasteiger partial charge in [0.05, 0.1) is 24.4 Å². The summed E-state index contributed by atoms with van der Waals surface area (Å²) in [4.78, 5) is 17.7. The molecule has 30 heavy (non-hydrogen) atoms. The Labute approximate surface area is 171 Å². The average Bonchev–Trinajstić information content (AvgIpc) is 3.25. The van der Waals surface area contributed by atoms with Crippen molar-refractivity contribution in [3.05, 3.63) is 53.5 Å². The molecule has 2 heterocycles. The van der Waals surface area contributed by atoms with Crippen LogP contribution in [0.3, 0.4) is 0 Å². The molecule has 1 aliphatic heterocycles. The number of primary amides is 1. The van der Waals surface area contributed by atoms with E-state index in [1.807, 2.05) is 4.90 Å². The largest absolute Gasteiger partial charge is 0.396 e. The van der Waals surface area contributed by atoms with Gasteiger partial charge in [0.25, 0.3) is 5.92 Å². The van der Waals surface area contributed by atoms with Crippen LogP contribution in [0.15, 0.2) is 36.5 Å².